The third-order valence-electron chi connectivity index (χ3n) is 2.35. The molecule has 1 saturated heterocycles. The first-order valence-corrected chi connectivity index (χ1v) is 4.42. The second-order valence-electron chi connectivity index (χ2n) is 3.52. The van der Waals surface area contributed by atoms with Crippen LogP contribution in [0.5, 0.6) is 0 Å². The van der Waals surface area contributed by atoms with Crippen LogP contribution in [-0.4, -0.2) is 68.1 Å². The number of rotatable bonds is 2. The molecule has 88 valence electrons. The van der Waals surface area contributed by atoms with Crippen molar-refractivity contribution in [1.29, 1.82) is 0 Å². The van der Waals surface area contributed by atoms with Crippen molar-refractivity contribution in [1.82, 2.24) is 0 Å². The van der Waals surface area contributed by atoms with E-state index in [9.17, 15) is 20.1 Å². The van der Waals surface area contributed by atoms with Crippen molar-refractivity contribution < 1.29 is 35.1 Å². The van der Waals surface area contributed by atoms with Crippen molar-refractivity contribution in [2.45, 2.75) is 43.7 Å². The summed E-state index contributed by atoms with van der Waals surface area (Å²) in [7, 11) is 0. The minimum Gasteiger partial charge on any atom is -0.387 e. The molecule has 0 bridgehead atoms. The summed E-state index contributed by atoms with van der Waals surface area (Å²) in [5.41, 5.74) is 0. The maximum absolute atomic E-state index is 10.8. The standard InChI is InChI=1S/C8H14O7/c1-2(9)3(10)7-5(12)4(11)6(13)8(14)15-7/h3-8,10-14H,1H3/t3?,4-,5-,6-,7+,8+/m0/s1. The molecule has 1 unspecified atom stereocenters. The van der Waals surface area contributed by atoms with Crippen LogP contribution in [-0.2, 0) is 9.53 Å². The average Bonchev–Trinajstić information content (AvgIpc) is 2.19. The van der Waals surface area contributed by atoms with Gasteiger partial charge in [-0.2, -0.15) is 0 Å². The zero-order chi connectivity index (χ0) is 11.7. The normalized spacial score (nSPS) is 43.7. The van der Waals surface area contributed by atoms with Crippen LogP contribution in [0.3, 0.4) is 0 Å². The van der Waals surface area contributed by atoms with Crippen LogP contribution < -0.4 is 0 Å². The summed E-state index contributed by atoms with van der Waals surface area (Å²) < 4.78 is 4.63. The minimum atomic E-state index is -1.75. The van der Waals surface area contributed by atoms with Crippen LogP contribution in [0.25, 0.3) is 0 Å². The van der Waals surface area contributed by atoms with Crippen LogP contribution in [0.1, 0.15) is 6.92 Å². The lowest BCUT2D eigenvalue weighted by Crippen LogP contribution is -2.61. The summed E-state index contributed by atoms with van der Waals surface area (Å²) in [5.74, 6) is -0.671. The average molecular weight is 222 g/mol. The van der Waals surface area contributed by atoms with E-state index in [4.69, 9.17) is 10.2 Å². The summed E-state index contributed by atoms with van der Waals surface area (Å²) in [6.07, 6.45) is -9.83. The molecule has 0 spiro atoms. The van der Waals surface area contributed by atoms with Crippen molar-refractivity contribution in [3.63, 3.8) is 0 Å². The van der Waals surface area contributed by atoms with Crippen LogP contribution in [0, 0.1) is 0 Å². The van der Waals surface area contributed by atoms with Gasteiger partial charge in [0.05, 0.1) is 0 Å². The van der Waals surface area contributed by atoms with Gasteiger partial charge in [0.15, 0.2) is 12.1 Å². The molecule has 0 amide bonds. The highest BCUT2D eigenvalue weighted by Gasteiger charge is 2.46. The number of carbonyl (C=O) groups excluding carboxylic acids is 1. The van der Waals surface area contributed by atoms with E-state index >= 15 is 0 Å². The molecule has 1 heterocycles. The molecule has 0 aromatic carbocycles. The first-order chi connectivity index (χ1) is 6.86. The minimum absolute atomic E-state index is 0.671. The molecule has 0 saturated carbocycles. The van der Waals surface area contributed by atoms with Gasteiger partial charge in [0.2, 0.25) is 0 Å². The summed E-state index contributed by atoms with van der Waals surface area (Å²) in [6, 6.07) is 0. The second-order valence-corrected chi connectivity index (χ2v) is 3.52. The lowest BCUT2D eigenvalue weighted by atomic mass is 9.94. The van der Waals surface area contributed by atoms with Crippen LogP contribution >= 0.6 is 0 Å². The van der Waals surface area contributed by atoms with Gasteiger partial charge in [0.25, 0.3) is 0 Å². The first-order valence-electron chi connectivity index (χ1n) is 4.42. The van der Waals surface area contributed by atoms with Crippen molar-refractivity contribution >= 4 is 5.78 Å². The van der Waals surface area contributed by atoms with Gasteiger partial charge in [-0.1, -0.05) is 0 Å². The number of aliphatic hydroxyl groups is 5. The van der Waals surface area contributed by atoms with Crippen molar-refractivity contribution in [2.75, 3.05) is 0 Å². The van der Waals surface area contributed by atoms with E-state index in [1.165, 1.54) is 0 Å². The van der Waals surface area contributed by atoms with E-state index in [1.807, 2.05) is 0 Å². The van der Waals surface area contributed by atoms with Gasteiger partial charge in [-0.15, -0.1) is 0 Å². The smallest absolute Gasteiger partial charge is 0.184 e. The lowest BCUT2D eigenvalue weighted by Gasteiger charge is -2.39. The third kappa shape index (κ3) is 2.33. The number of hydrogen-bond acceptors (Lipinski definition) is 7. The number of aliphatic hydroxyl groups excluding tert-OH is 5. The molecule has 15 heavy (non-hydrogen) atoms. The monoisotopic (exact) mass is 222 g/mol. The Morgan fingerprint density at radius 2 is 1.67 bits per heavy atom. The third-order valence-corrected chi connectivity index (χ3v) is 2.35. The van der Waals surface area contributed by atoms with E-state index in [0.29, 0.717) is 0 Å². The lowest BCUT2D eigenvalue weighted by molar-refractivity contribution is -0.293. The van der Waals surface area contributed by atoms with E-state index in [-0.39, 0.29) is 0 Å². The number of hydrogen-bond donors (Lipinski definition) is 5. The highest BCUT2D eigenvalue weighted by Crippen LogP contribution is 2.22. The van der Waals surface area contributed by atoms with E-state index in [2.05, 4.69) is 4.74 Å². The molecule has 6 atom stereocenters. The molecule has 0 aliphatic carbocycles. The van der Waals surface area contributed by atoms with Gasteiger partial charge in [-0.3, -0.25) is 4.79 Å². The summed E-state index contributed by atoms with van der Waals surface area (Å²) in [4.78, 5) is 10.8. The molecule has 7 heteroatoms. The quantitative estimate of drug-likeness (QED) is 0.332. The van der Waals surface area contributed by atoms with Gasteiger partial charge in [-0.05, 0) is 6.92 Å². The largest absolute Gasteiger partial charge is 0.387 e. The summed E-state index contributed by atoms with van der Waals surface area (Å²) >= 11 is 0. The van der Waals surface area contributed by atoms with Gasteiger partial charge < -0.3 is 30.3 Å². The highest BCUT2D eigenvalue weighted by molar-refractivity contribution is 5.80. The zero-order valence-corrected chi connectivity index (χ0v) is 8.02. The van der Waals surface area contributed by atoms with Gasteiger partial charge in [0.1, 0.15) is 30.5 Å². The number of ketones is 1. The maximum atomic E-state index is 10.8. The van der Waals surface area contributed by atoms with Crippen LogP contribution in [0.2, 0.25) is 0 Å². The van der Waals surface area contributed by atoms with Crippen molar-refractivity contribution in [3.8, 4) is 0 Å². The fourth-order valence-electron chi connectivity index (χ4n) is 1.38. The summed E-state index contributed by atoms with van der Waals surface area (Å²) in [5, 5.41) is 46.2. The second kappa shape index (κ2) is 4.52. The first kappa shape index (κ1) is 12.5. The predicted molar refractivity (Wildman–Crippen MR) is 45.6 cm³/mol. The molecule has 1 rings (SSSR count). The SMILES string of the molecule is CC(=O)C(O)[C@H]1O[C@@H](O)[C@@H](O)[C@@H](O)[C@@H]1O. The summed E-state index contributed by atoms with van der Waals surface area (Å²) in [6.45, 7) is 1.07. The fourth-order valence-corrected chi connectivity index (χ4v) is 1.38. The molecule has 1 aliphatic rings. The van der Waals surface area contributed by atoms with E-state index < -0.39 is 42.6 Å². The van der Waals surface area contributed by atoms with Crippen LogP contribution in [0.4, 0.5) is 0 Å². The van der Waals surface area contributed by atoms with Gasteiger partial charge >= 0.3 is 0 Å². The van der Waals surface area contributed by atoms with Crippen molar-refractivity contribution in [2.24, 2.45) is 0 Å². The van der Waals surface area contributed by atoms with E-state index in [0.717, 1.165) is 6.92 Å². The number of Topliss-reactive ketones (excluding diaryl/α,β-unsaturated/α-hetero) is 1. The van der Waals surface area contributed by atoms with Crippen LogP contribution in [0.15, 0.2) is 0 Å². The Bertz CT molecular complexity index is 243. The Labute approximate surface area is 85.5 Å². The molecule has 0 radical (unpaired) electrons. The highest BCUT2D eigenvalue weighted by atomic mass is 16.6. The van der Waals surface area contributed by atoms with Gasteiger partial charge in [0, 0.05) is 0 Å². The Morgan fingerprint density at radius 3 is 2.13 bits per heavy atom. The maximum Gasteiger partial charge on any atom is 0.184 e. The zero-order valence-electron chi connectivity index (χ0n) is 8.02. The molecule has 7 nitrogen and oxygen atoms in total. The molecule has 0 aromatic heterocycles. The Kier molecular flexibility index (Phi) is 3.77. The van der Waals surface area contributed by atoms with Crippen molar-refractivity contribution in [3.05, 3.63) is 0 Å². The molecule has 1 aliphatic heterocycles. The molecule has 0 aromatic rings. The van der Waals surface area contributed by atoms with E-state index in [1.54, 1.807) is 0 Å². The Hall–Kier alpha value is -0.570. The Morgan fingerprint density at radius 1 is 1.13 bits per heavy atom. The topological polar surface area (TPSA) is 127 Å². The molecule has 1 fully saturated rings. The van der Waals surface area contributed by atoms with Gasteiger partial charge in [-0.25, -0.2) is 0 Å². The fraction of sp³-hybridized carbons (Fsp3) is 0.875. The number of carbonyl (C=O) groups is 1. The number of ether oxygens (including phenoxy) is 1. The molecule has 5 N–H and O–H groups in total. The Balaban J connectivity index is 2.78. The molecular weight excluding hydrogens is 208 g/mol. The molecular formula is C8H14O7. The predicted octanol–water partition coefficient (Wildman–Crippen LogP) is -3.26.